The fourth-order valence-electron chi connectivity index (χ4n) is 1.83. The van der Waals surface area contributed by atoms with E-state index >= 15 is 0 Å². The predicted octanol–water partition coefficient (Wildman–Crippen LogP) is 4.40. The lowest BCUT2D eigenvalue weighted by Gasteiger charge is -2.18. The van der Waals surface area contributed by atoms with Crippen molar-refractivity contribution >= 4 is 41.2 Å². The number of nitrogens with zero attached hydrogens (tertiary/aromatic N) is 1. The molecule has 0 radical (unpaired) electrons. The number of amides is 1. The SMILES string of the molecule is O=C(OC(=O)C(F)(F)F)C(F)(F)F.O=C(Oc1ccc(Cl)c(Cl)c1)N1CCCOCC1. The van der Waals surface area contributed by atoms with Crippen LogP contribution in [0.1, 0.15) is 6.42 Å². The van der Waals surface area contributed by atoms with Crippen molar-refractivity contribution in [3.63, 3.8) is 0 Å². The van der Waals surface area contributed by atoms with Crippen molar-refractivity contribution in [1.29, 1.82) is 0 Å². The van der Waals surface area contributed by atoms with Gasteiger partial charge in [-0.1, -0.05) is 23.2 Å². The Morgan fingerprint density at radius 1 is 0.903 bits per heavy atom. The van der Waals surface area contributed by atoms with E-state index in [1.807, 2.05) is 0 Å². The maximum absolute atomic E-state index is 11.9. The molecule has 15 heteroatoms. The molecule has 1 aromatic carbocycles. The van der Waals surface area contributed by atoms with Gasteiger partial charge in [0, 0.05) is 25.8 Å². The average molecular weight is 500 g/mol. The molecule has 0 unspecified atom stereocenters. The van der Waals surface area contributed by atoms with Crippen molar-refractivity contribution in [2.45, 2.75) is 18.8 Å². The molecule has 1 heterocycles. The van der Waals surface area contributed by atoms with E-state index in [1.165, 1.54) is 6.07 Å². The first-order valence-electron chi connectivity index (χ1n) is 8.11. The molecule has 1 fully saturated rings. The molecule has 7 nitrogen and oxygen atoms in total. The Balaban J connectivity index is 0.000000330. The fraction of sp³-hybridized carbons (Fsp3) is 0.438. The molecule has 174 valence electrons. The molecule has 1 saturated heterocycles. The van der Waals surface area contributed by atoms with Crippen molar-refractivity contribution in [2.24, 2.45) is 0 Å². The van der Waals surface area contributed by atoms with Gasteiger partial charge in [0.15, 0.2) is 0 Å². The third-order valence-corrected chi connectivity index (χ3v) is 3.96. The van der Waals surface area contributed by atoms with Crippen molar-refractivity contribution in [1.82, 2.24) is 4.90 Å². The first-order chi connectivity index (χ1) is 14.2. The molecule has 31 heavy (non-hydrogen) atoms. The Bertz CT molecular complexity index is 770. The largest absolute Gasteiger partial charge is 0.491 e. The molecule has 0 spiro atoms. The Labute approximate surface area is 180 Å². The monoisotopic (exact) mass is 499 g/mol. The van der Waals surface area contributed by atoms with Crippen molar-refractivity contribution in [3.8, 4) is 5.75 Å². The summed E-state index contributed by atoms with van der Waals surface area (Å²) in [5, 5.41) is 0.792. The van der Waals surface area contributed by atoms with E-state index in [0.717, 1.165) is 6.42 Å². The first-order valence-corrected chi connectivity index (χ1v) is 8.87. The highest BCUT2D eigenvalue weighted by atomic mass is 35.5. The van der Waals surface area contributed by atoms with E-state index in [1.54, 1.807) is 17.0 Å². The lowest BCUT2D eigenvalue weighted by Crippen LogP contribution is -2.35. The van der Waals surface area contributed by atoms with Gasteiger partial charge < -0.3 is 19.1 Å². The zero-order valence-electron chi connectivity index (χ0n) is 15.2. The second-order valence-corrected chi connectivity index (χ2v) is 6.38. The van der Waals surface area contributed by atoms with Gasteiger partial charge in [0.2, 0.25) is 0 Å². The van der Waals surface area contributed by atoms with Crippen LogP contribution in [0.3, 0.4) is 0 Å². The standard InChI is InChI=1S/C12H13Cl2NO3.C4F6O3/c13-10-3-2-9(8-11(10)14)18-12(16)15-4-1-6-17-7-5-15;5-3(6,7)1(11)13-2(12)4(8,9)10/h2-3,8H,1,4-7H2;. The van der Waals surface area contributed by atoms with E-state index in [-0.39, 0.29) is 6.09 Å². The van der Waals surface area contributed by atoms with Gasteiger partial charge in [-0.3, -0.25) is 0 Å². The zero-order valence-corrected chi connectivity index (χ0v) is 16.7. The summed E-state index contributed by atoms with van der Waals surface area (Å²) in [6.07, 6.45) is -10.8. The van der Waals surface area contributed by atoms with Gasteiger partial charge in [-0.2, -0.15) is 26.3 Å². The summed E-state index contributed by atoms with van der Waals surface area (Å²) in [4.78, 5) is 32.8. The summed E-state index contributed by atoms with van der Waals surface area (Å²) in [5.74, 6) is -6.01. The maximum Gasteiger partial charge on any atom is 0.491 e. The molecule has 1 amide bonds. The number of carbonyl (C=O) groups is 3. The molecular formula is C16H13Cl2F6NO6. The van der Waals surface area contributed by atoms with Crippen LogP contribution in [0.25, 0.3) is 0 Å². The molecule has 0 atom stereocenters. The van der Waals surface area contributed by atoms with Crippen molar-refractivity contribution in [2.75, 3.05) is 26.3 Å². The topological polar surface area (TPSA) is 82.1 Å². The van der Waals surface area contributed by atoms with E-state index in [9.17, 15) is 40.7 Å². The quantitative estimate of drug-likeness (QED) is 0.323. The summed E-state index contributed by atoms with van der Waals surface area (Å²) in [7, 11) is 0. The number of ether oxygens (including phenoxy) is 3. The lowest BCUT2D eigenvalue weighted by molar-refractivity contribution is -0.221. The highest BCUT2D eigenvalue weighted by molar-refractivity contribution is 6.42. The minimum Gasteiger partial charge on any atom is -0.410 e. The molecule has 0 aromatic heterocycles. The van der Waals surface area contributed by atoms with Crippen LogP contribution in [0.15, 0.2) is 18.2 Å². The summed E-state index contributed by atoms with van der Waals surface area (Å²) in [6, 6.07) is 4.73. The Kier molecular flexibility index (Phi) is 9.84. The van der Waals surface area contributed by atoms with Crippen LogP contribution in [-0.2, 0) is 19.1 Å². The number of rotatable bonds is 1. The van der Waals surface area contributed by atoms with Gasteiger partial charge in [-0.05, 0) is 18.6 Å². The normalized spacial score (nSPS) is 14.6. The molecule has 1 aromatic rings. The minimum absolute atomic E-state index is 0.362. The van der Waals surface area contributed by atoms with Crippen molar-refractivity contribution in [3.05, 3.63) is 28.2 Å². The molecule has 1 aliphatic heterocycles. The van der Waals surface area contributed by atoms with E-state index in [4.69, 9.17) is 32.7 Å². The van der Waals surface area contributed by atoms with Crippen LogP contribution in [0.2, 0.25) is 10.0 Å². The number of alkyl halides is 6. The number of benzene rings is 1. The third kappa shape index (κ3) is 9.61. The number of hydrogen-bond donors (Lipinski definition) is 0. The van der Waals surface area contributed by atoms with Crippen LogP contribution < -0.4 is 4.74 Å². The van der Waals surface area contributed by atoms with Crippen LogP contribution in [-0.4, -0.2) is 61.6 Å². The van der Waals surface area contributed by atoms with E-state index in [2.05, 4.69) is 4.74 Å². The predicted molar refractivity (Wildman–Crippen MR) is 92.7 cm³/mol. The van der Waals surface area contributed by atoms with Gasteiger partial charge in [0.05, 0.1) is 16.7 Å². The number of halogens is 8. The fourth-order valence-corrected chi connectivity index (χ4v) is 2.12. The molecule has 1 aliphatic rings. The zero-order chi connectivity index (χ0) is 23.8. The number of carbonyl (C=O) groups excluding carboxylic acids is 3. The van der Waals surface area contributed by atoms with Crippen LogP contribution >= 0.6 is 23.2 Å². The molecule has 0 aliphatic carbocycles. The molecular weight excluding hydrogens is 487 g/mol. The summed E-state index contributed by atoms with van der Waals surface area (Å²) >= 11 is 11.6. The van der Waals surface area contributed by atoms with Crippen molar-refractivity contribution < 1.29 is 54.9 Å². The molecule has 0 saturated carbocycles. The average Bonchev–Trinajstić information content (AvgIpc) is 2.93. The van der Waals surface area contributed by atoms with Gasteiger partial charge in [0.1, 0.15) is 5.75 Å². The van der Waals surface area contributed by atoms with Gasteiger partial charge >= 0.3 is 30.4 Å². The minimum atomic E-state index is -5.62. The van der Waals surface area contributed by atoms with Crippen LogP contribution in [0, 0.1) is 0 Å². The van der Waals surface area contributed by atoms with Crippen LogP contribution in [0.5, 0.6) is 5.75 Å². The maximum atomic E-state index is 11.9. The molecule has 2 rings (SSSR count). The number of esters is 2. The van der Waals surface area contributed by atoms with Gasteiger partial charge in [-0.25, -0.2) is 14.4 Å². The lowest BCUT2D eigenvalue weighted by atomic mass is 10.3. The Hall–Kier alpha value is -2.25. The van der Waals surface area contributed by atoms with E-state index in [0.29, 0.717) is 42.1 Å². The molecule has 0 N–H and O–H groups in total. The highest BCUT2D eigenvalue weighted by Crippen LogP contribution is 2.26. The third-order valence-electron chi connectivity index (χ3n) is 3.22. The summed E-state index contributed by atoms with van der Waals surface area (Å²) in [5.41, 5.74) is 0. The Morgan fingerprint density at radius 3 is 2.00 bits per heavy atom. The van der Waals surface area contributed by atoms with Gasteiger partial charge in [0.25, 0.3) is 0 Å². The van der Waals surface area contributed by atoms with E-state index < -0.39 is 24.3 Å². The van der Waals surface area contributed by atoms with Gasteiger partial charge in [-0.15, -0.1) is 0 Å². The summed E-state index contributed by atoms with van der Waals surface area (Å²) < 4.78 is 80.2. The number of hydrogen-bond acceptors (Lipinski definition) is 6. The molecule has 0 bridgehead atoms. The first kappa shape index (κ1) is 26.8. The Morgan fingerprint density at radius 2 is 1.48 bits per heavy atom. The van der Waals surface area contributed by atoms with Crippen LogP contribution in [0.4, 0.5) is 31.1 Å². The smallest absolute Gasteiger partial charge is 0.410 e. The summed E-state index contributed by atoms with van der Waals surface area (Å²) in [6.45, 7) is 2.40. The second kappa shape index (κ2) is 11.4. The second-order valence-electron chi connectivity index (χ2n) is 5.57. The highest BCUT2D eigenvalue weighted by Gasteiger charge is 2.49.